The van der Waals surface area contributed by atoms with Gasteiger partial charge in [0.2, 0.25) is 0 Å². The van der Waals surface area contributed by atoms with Crippen LogP contribution in [0.4, 0.5) is 10.5 Å². The first-order valence-electron chi connectivity index (χ1n) is 7.77. The SMILES string of the molecule is CN(CCc1noc(-c2ccccc2)n1)C(=O)Nc1cccc(Br)c1. The Hall–Kier alpha value is -2.67. The number of nitrogens with one attached hydrogen (secondary N) is 1. The third-order valence-electron chi connectivity index (χ3n) is 3.58. The molecule has 1 aromatic heterocycles. The molecular weight excluding hydrogens is 384 g/mol. The van der Waals surface area contributed by atoms with Crippen LogP contribution in [0.3, 0.4) is 0 Å². The molecule has 0 spiro atoms. The minimum atomic E-state index is -0.190. The molecule has 0 atom stereocenters. The first kappa shape index (κ1) is 17.2. The van der Waals surface area contributed by atoms with Crippen molar-refractivity contribution in [2.24, 2.45) is 0 Å². The van der Waals surface area contributed by atoms with Gasteiger partial charge in [0.25, 0.3) is 5.89 Å². The Morgan fingerprint density at radius 1 is 1.20 bits per heavy atom. The molecule has 3 aromatic rings. The van der Waals surface area contributed by atoms with Crippen LogP contribution in [0, 0.1) is 0 Å². The van der Waals surface area contributed by atoms with Crippen molar-refractivity contribution >= 4 is 27.6 Å². The normalized spacial score (nSPS) is 10.5. The third kappa shape index (κ3) is 4.67. The summed E-state index contributed by atoms with van der Waals surface area (Å²) in [6.45, 7) is 0.480. The molecule has 3 rings (SSSR count). The number of likely N-dealkylation sites (N-methyl/N-ethyl adjacent to an activating group) is 1. The van der Waals surface area contributed by atoms with Gasteiger partial charge in [-0.1, -0.05) is 45.4 Å². The van der Waals surface area contributed by atoms with Gasteiger partial charge in [-0.25, -0.2) is 4.79 Å². The highest BCUT2D eigenvalue weighted by molar-refractivity contribution is 9.10. The first-order chi connectivity index (χ1) is 12.1. The van der Waals surface area contributed by atoms with Gasteiger partial charge in [-0.15, -0.1) is 0 Å². The van der Waals surface area contributed by atoms with Crippen LogP contribution in [0.2, 0.25) is 0 Å². The number of halogens is 1. The Balaban J connectivity index is 1.54. The molecular formula is C18H17BrN4O2. The number of hydrogen-bond acceptors (Lipinski definition) is 4. The zero-order chi connectivity index (χ0) is 17.6. The molecule has 25 heavy (non-hydrogen) atoms. The van der Waals surface area contributed by atoms with Gasteiger partial charge >= 0.3 is 6.03 Å². The number of carbonyl (C=O) groups excluding carboxylic acids is 1. The standard InChI is InChI=1S/C18H17BrN4O2/c1-23(18(24)20-15-9-5-8-14(19)12-15)11-10-16-21-17(25-22-16)13-6-3-2-4-7-13/h2-9,12H,10-11H2,1H3,(H,20,24). The van der Waals surface area contributed by atoms with E-state index in [9.17, 15) is 4.79 Å². The minimum Gasteiger partial charge on any atom is -0.334 e. The number of carbonyl (C=O) groups is 1. The number of hydrogen-bond donors (Lipinski definition) is 1. The molecule has 128 valence electrons. The van der Waals surface area contributed by atoms with E-state index in [0.29, 0.717) is 24.7 Å². The highest BCUT2D eigenvalue weighted by Gasteiger charge is 2.12. The van der Waals surface area contributed by atoms with Gasteiger partial charge < -0.3 is 14.7 Å². The zero-order valence-corrected chi connectivity index (χ0v) is 15.2. The Morgan fingerprint density at radius 3 is 2.76 bits per heavy atom. The molecule has 2 amide bonds. The van der Waals surface area contributed by atoms with Crippen LogP contribution in [0.1, 0.15) is 5.82 Å². The molecule has 0 radical (unpaired) electrons. The molecule has 6 nitrogen and oxygen atoms in total. The Labute approximate surface area is 154 Å². The number of nitrogens with zero attached hydrogens (tertiary/aromatic N) is 3. The largest absolute Gasteiger partial charge is 0.334 e. The van der Waals surface area contributed by atoms with Crippen LogP contribution in [0.25, 0.3) is 11.5 Å². The molecule has 0 saturated carbocycles. The maximum absolute atomic E-state index is 12.2. The van der Waals surface area contributed by atoms with Gasteiger partial charge in [0.15, 0.2) is 5.82 Å². The van der Waals surface area contributed by atoms with Crippen molar-refractivity contribution in [3.05, 3.63) is 64.9 Å². The average molecular weight is 401 g/mol. The highest BCUT2D eigenvalue weighted by atomic mass is 79.9. The van der Waals surface area contributed by atoms with Crippen LogP contribution < -0.4 is 5.32 Å². The third-order valence-corrected chi connectivity index (χ3v) is 4.08. The number of anilines is 1. The molecule has 0 fully saturated rings. The van der Waals surface area contributed by atoms with E-state index in [1.807, 2.05) is 54.6 Å². The summed E-state index contributed by atoms with van der Waals surface area (Å²) in [4.78, 5) is 18.2. The average Bonchev–Trinajstić information content (AvgIpc) is 3.09. The summed E-state index contributed by atoms with van der Waals surface area (Å²) >= 11 is 3.38. The zero-order valence-electron chi connectivity index (χ0n) is 13.6. The highest BCUT2D eigenvalue weighted by Crippen LogP contribution is 2.17. The Bertz CT molecular complexity index is 851. The van der Waals surface area contributed by atoms with Crippen molar-refractivity contribution in [3.8, 4) is 11.5 Å². The predicted molar refractivity (Wildman–Crippen MR) is 99.2 cm³/mol. The number of rotatable bonds is 5. The minimum absolute atomic E-state index is 0.190. The predicted octanol–water partition coefficient (Wildman–Crippen LogP) is 4.21. The number of aromatic nitrogens is 2. The van der Waals surface area contributed by atoms with Gasteiger partial charge in [0.1, 0.15) is 0 Å². The van der Waals surface area contributed by atoms with Gasteiger partial charge in [-0.2, -0.15) is 4.98 Å². The van der Waals surface area contributed by atoms with E-state index in [-0.39, 0.29) is 6.03 Å². The van der Waals surface area contributed by atoms with Gasteiger partial charge in [0, 0.05) is 35.7 Å². The lowest BCUT2D eigenvalue weighted by atomic mass is 10.2. The summed E-state index contributed by atoms with van der Waals surface area (Å²) in [6.07, 6.45) is 0.513. The fourth-order valence-corrected chi connectivity index (χ4v) is 2.61. The molecule has 0 unspecified atom stereocenters. The lowest BCUT2D eigenvalue weighted by Gasteiger charge is -2.17. The van der Waals surface area contributed by atoms with Gasteiger partial charge in [0.05, 0.1) is 0 Å². The topological polar surface area (TPSA) is 71.3 Å². The van der Waals surface area contributed by atoms with Crippen LogP contribution >= 0.6 is 15.9 Å². The van der Waals surface area contributed by atoms with Crippen molar-refractivity contribution in [3.63, 3.8) is 0 Å². The molecule has 0 aliphatic rings. The van der Waals surface area contributed by atoms with Crippen LogP contribution in [-0.2, 0) is 6.42 Å². The fraction of sp³-hybridized carbons (Fsp3) is 0.167. The van der Waals surface area contributed by atoms with E-state index in [1.165, 1.54) is 0 Å². The van der Waals surface area contributed by atoms with Crippen molar-refractivity contribution in [2.75, 3.05) is 18.9 Å². The first-order valence-corrected chi connectivity index (χ1v) is 8.57. The fourth-order valence-electron chi connectivity index (χ4n) is 2.21. The molecule has 2 aromatic carbocycles. The molecule has 0 bridgehead atoms. The second-order valence-corrected chi connectivity index (χ2v) is 6.41. The number of benzene rings is 2. The molecule has 1 N–H and O–H groups in total. The van der Waals surface area contributed by atoms with Crippen molar-refractivity contribution in [2.45, 2.75) is 6.42 Å². The summed E-state index contributed by atoms with van der Waals surface area (Å²) < 4.78 is 6.18. The van der Waals surface area contributed by atoms with Gasteiger partial charge in [-0.3, -0.25) is 0 Å². The molecule has 0 aliphatic heterocycles. The summed E-state index contributed by atoms with van der Waals surface area (Å²) in [6, 6.07) is 16.8. The summed E-state index contributed by atoms with van der Waals surface area (Å²) in [5.41, 5.74) is 1.61. The lowest BCUT2D eigenvalue weighted by Crippen LogP contribution is -2.33. The van der Waals surface area contributed by atoms with Gasteiger partial charge in [-0.05, 0) is 30.3 Å². The molecule has 1 heterocycles. The second-order valence-electron chi connectivity index (χ2n) is 5.49. The smallest absolute Gasteiger partial charge is 0.321 e. The summed E-state index contributed by atoms with van der Waals surface area (Å²) in [5.74, 6) is 1.05. The quantitative estimate of drug-likeness (QED) is 0.696. The van der Waals surface area contributed by atoms with Crippen molar-refractivity contribution in [1.29, 1.82) is 0 Å². The second kappa shape index (κ2) is 7.94. The number of urea groups is 1. The van der Waals surface area contributed by atoms with Crippen LogP contribution in [0.15, 0.2) is 63.6 Å². The summed E-state index contributed by atoms with van der Waals surface area (Å²) in [5, 5.41) is 6.81. The van der Waals surface area contributed by atoms with Crippen LogP contribution in [-0.4, -0.2) is 34.7 Å². The Kier molecular flexibility index (Phi) is 5.45. The van der Waals surface area contributed by atoms with E-state index >= 15 is 0 Å². The maximum atomic E-state index is 12.2. The van der Waals surface area contributed by atoms with Crippen molar-refractivity contribution in [1.82, 2.24) is 15.0 Å². The summed E-state index contributed by atoms with van der Waals surface area (Å²) in [7, 11) is 1.73. The van der Waals surface area contributed by atoms with E-state index < -0.39 is 0 Å². The maximum Gasteiger partial charge on any atom is 0.321 e. The Morgan fingerprint density at radius 2 is 2.00 bits per heavy atom. The van der Waals surface area contributed by atoms with Crippen LogP contribution in [0.5, 0.6) is 0 Å². The number of amides is 2. The lowest BCUT2D eigenvalue weighted by molar-refractivity contribution is 0.222. The van der Waals surface area contributed by atoms with E-state index in [2.05, 4.69) is 31.4 Å². The van der Waals surface area contributed by atoms with E-state index in [0.717, 1.165) is 15.7 Å². The van der Waals surface area contributed by atoms with E-state index in [4.69, 9.17) is 4.52 Å². The molecule has 7 heteroatoms. The molecule has 0 saturated heterocycles. The van der Waals surface area contributed by atoms with E-state index in [1.54, 1.807) is 11.9 Å². The monoisotopic (exact) mass is 400 g/mol. The van der Waals surface area contributed by atoms with Crippen molar-refractivity contribution < 1.29 is 9.32 Å². The molecule has 0 aliphatic carbocycles.